The average molecular weight is 454 g/mol. The quantitative estimate of drug-likeness (QED) is 0.177. The van der Waals surface area contributed by atoms with Gasteiger partial charge >= 0.3 is 0 Å². The van der Waals surface area contributed by atoms with Gasteiger partial charge in [-0.15, -0.1) is 5.10 Å². The van der Waals surface area contributed by atoms with Gasteiger partial charge in [0.15, 0.2) is 11.6 Å². The molecule has 34 heavy (non-hydrogen) atoms. The molecule has 4 aromatic rings. The first-order chi connectivity index (χ1) is 16.3. The Morgan fingerprint density at radius 1 is 1.00 bits per heavy atom. The zero-order valence-electron chi connectivity index (χ0n) is 18.9. The van der Waals surface area contributed by atoms with Crippen molar-refractivity contribution in [3.63, 3.8) is 0 Å². The van der Waals surface area contributed by atoms with Gasteiger partial charge in [0.1, 0.15) is 0 Å². The number of rotatable bonds is 7. The maximum absolute atomic E-state index is 13.7. The van der Waals surface area contributed by atoms with Crippen LogP contribution in [0.25, 0.3) is 22.4 Å². The van der Waals surface area contributed by atoms with Gasteiger partial charge in [-0.3, -0.25) is 14.9 Å². The molecule has 0 saturated carbocycles. The lowest BCUT2D eigenvalue weighted by atomic mass is 9.97. The molecule has 3 aromatic carbocycles. The van der Waals surface area contributed by atoms with Crippen LogP contribution in [0.4, 0.5) is 5.69 Å². The van der Waals surface area contributed by atoms with E-state index in [4.69, 9.17) is 0 Å². The molecule has 4 rings (SSSR count). The Bertz CT molecular complexity index is 1390. The Morgan fingerprint density at radius 2 is 1.68 bits per heavy atom. The van der Waals surface area contributed by atoms with Gasteiger partial charge in [-0.05, 0) is 46.7 Å². The minimum absolute atomic E-state index is 0.0142. The van der Waals surface area contributed by atoms with E-state index in [1.807, 2.05) is 51.4 Å². The molecule has 1 aromatic heterocycles. The molecule has 0 aliphatic carbocycles. The number of tetrazole rings is 1. The van der Waals surface area contributed by atoms with Crippen molar-refractivity contribution in [1.29, 1.82) is 0 Å². The highest BCUT2D eigenvalue weighted by molar-refractivity contribution is 6.28. The summed E-state index contributed by atoms with van der Waals surface area (Å²) in [5.74, 6) is 0.0347. The lowest BCUT2D eigenvalue weighted by Gasteiger charge is -2.12. The fourth-order valence-electron chi connectivity index (χ4n) is 3.49. The zero-order chi connectivity index (χ0) is 24.2. The molecule has 0 bridgehead atoms. The Kier molecular flexibility index (Phi) is 6.26. The summed E-state index contributed by atoms with van der Waals surface area (Å²) in [6.45, 7) is 1.99. The SMILES string of the molecule is Cc1ccc(-n2nnnc2C(=CN(C)C)C(=O)c2cccc(-c3cccc([N+](=O)[O-])c3)c2)cc1. The number of non-ortho nitro benzene ring substituents is 1. The van der Waals surface area contributed by atoms with E-state index in [0.717, 1.165) is 11.3 Å². The molecule has 1 heterocycles. The first-order valence-corrected chi connectivity index (χ1v) is 10.5. The molecule has 0 aliphatic rings. The van der Waals surface area contributed by atoms with Gasteiger partial charge in [-0.25, -0.2) is 0 Å². The van der Waals surface area contributed by atoms with Crippen LogP contribution in [0, 0.1) is 17.0 Å². The van der Waals surface area contributed by atoms with E-state index in [9.17, 15) is 14.9 Å². The average Bonchev–Trinajstić information content (AvgIpc) is 3.32. The minimum atomic E-state index is -0.443. The van der Waals surface area contributed by atoms with Crippen molar-refractivity contribution < 1.29 is 9.72 Å². The second-order valence-corrected chi connectivity index (χ2v) is 7.97. The summed E-state index contributed by atoms with van der Waals surface area (Å²) in [6.07, 6.45) is 1.68. The van der Waals surface area contributed by atoms with Crippen LogP contribution in [0.3, 0.4) is 0 Å². The van der Waals surface area contributed by atoms with E-state index in [1.54, 1.807) is 41.4 Å². The van der Waals surface area contributed by atoms with Gasteiger partial charge in [-0.1, -0.05) is 48.0 Å². The molecular formula is C25H22N6O3. The Hall–Kier alpha value is -4.66. The van der Waals surface area contributed by atoms with Crippen molar-refractivity contribution in [1.82, 2.24) is 25.1 Å². The van der Waals surface area contributed by atoms with Gasteiger partial charge in [0.2, 0.25) is 0 Å². The largest absolute Gasteiger partial charge is 0.383 e. The number of carbonyl (C=O) groups is 1. The monoisotopic (exact) mass is 454 g/mol. The van der Waals surface area contributed by atoms with Crippen molar-refractivity contribution in [3.8, 4) is 16.8 Å². The number of aryl methyl sites for hydroxylation is 1. The molecule has 0 saturated heterocycles. The first kappa shape index (κ1) is 22.5. The first-order valence-electron chi connectivity index (χ1n) is 10.5. The Labute approximate surface area is 196 Å². The van der Waals surface area contributed by atoms with Crippen LogP contribution in [-0.2, 0) is 0 Å². The van der Waals surface area contributed by atoms with E-state index in [2.05, 4.69) is 15.5 Å². The fraction of sp³-hybridized carbons (Fsp3) is 0.120. The van der Waals surface area contributed by atoms with Crippen LogP contribution in [0.5, 0.6) is 0 Å². The molecule has 170 valence electrons. The molecule has 0 spiro atoms. The lowest BCUT2D eigenvalue weighted by molar-refractivity contribution is -0.384. The summed E-state index contributed by atoms with van der Waals surface area (Å²) in [5.41, 5.74) is 3.87. The Morgan fingerprint density at radius 3 is 2.35 bits per heavy atom. The maximum atomic E-state index is 13.7. The number of nitro groups is 1. The van der Waals surface area contributed by atoms with E-state index in [-0.39, 0.29) is 11.5 Å². The number of benzene rings is 3. The number of hydrogen-bond donors (Lipinski definition) is 0. The van der Waals surface area contributed by atoms with Crippen molar-refractivity contribution in [2.24, 2.45) is 0 Å². The molecule has 9 nitrogen and oxygen atoms in total. The highest BCUT2D eigenvalue weighted by Gasteiger charge is 2.22. The highest BCUT2D eigenvalue weighted by atomic mass is 16.6. The van der Waals surface area contributed by atoms with Crippen LogP contribution in [0.15, 0.2) is 79.0 Å². The molecule has 0 radical (unpaired) electrons. The van der Waals surface area contributed by atoms with Crippen LogP contribution in [0.1, 0.15) is 21.7 Å². The summed E-state index contributed by atoms with van der Waals surface area (Å²) in [4.78, 5) is 26.1. The van der Waals surface area contributed by atoms with Gasteiger partial charge in [0.05, 0.1) is 16.2 Å². The predicted octanol–water partition coefficient (Wildman–Crippen LogP) is 4.33. The van der Waals surface area contributed by atoms with Crippen molar-refractivity contribution in [2.45, 2.75) is 6.92 Å². The summed E-state index contributed by atoms with van der Waals surface area (Å²) in [7, 11) is 3.62. The number of nitrogens with zero attached hydrogens (tertiary/aromatic N) is 6. The highest BCUT2D eigenvalue weighted by Crippen LogP contribution is 2.27. The molecule has 0 N–H and O–H groups in total. The van der Waals surface area contributed by atoms with E-state index >= 15 is 0 Å². The molecule has 0 fully saturated rings. The maximum Gasteiger partial charge on any atom is 0.270 e. The van der Waals surface area contributed by atoms with Crippen molar-refractivity contribution >= 4 is 17.0 Å². The fourth-order valence-corrected chi connectivity index (χ4v) is 3.49. The number of carbonyl (C=O) groups excluding carboxylic acids is 1. The number of nitro benzene ring substituents is 1. The summed E-state index contributed by atoms with van der Waals surface area (Å²) >= 11 is 0. The third-order valence-corrected chi connectivity index (χ3v) is 5.14. The molecular weight excluding hydrogens is 432 g/mol. The van der Waals surface area contributed by atoms with Crippen LogP contribution < -0.4 is 0 Å². The van der Waals surface area contributed by atoms with Gasteiger partial charge in [0, 0.05) is 38.0 Å². The zero-order valence-corrected chi connectivity index (χ0v) is 18.9. The second kappa shape index (κ2) is 9.45. The van der Waals surface area contributed by atoms with Gasteiger partial charge in [-0.2, -0.15) is 4.68 Å². The number of ketones is 1. The number of hydrogen-bond acceptors (Lipinski definition) is 7. The molecule has 0 unspecified atom stereocenters. The molecule has 0 aliphatic heterocycles. The number of Topliss-reactive ketones (excluding diaryl/α,β-unsaturated/α-hetero) is 1. The van der Waals surface area contributed by atoms with E-state index in [0.29, 0.717) is 28.1 Å². The third-order valence-electron chi connectivity index (χ3n) is 5.14. The molecule has 9 heteroatoms. The van der Waals surface area contributed by atoms with Crippen LogP contribution in [-0.4, -0.2) is 49.9 Å². The number of aromatic nitrogens is 4. The van der Waals surface area contributed by atoms with Gasteiger partial charge < -0.3 is 4.90 Å². The normalized spacial score (nSPS) is 11.3. The van der Waals surface area contributed by atoms with E-state index < -0.39 is 4.92 Å². The van der Waals surface area contributed by atoms with Gasteiger partial charge in [0.25, 0.3) is 5.69 Å². The van der Waals surface area contributed by atoms with Crippen molar-refractivity contribution in [2.75, 3.05) is 14.1 Å². The molecule has 0 atom stereocenters. The smallest absolute Gasteiger partial charge is 0.270 e. The number of allylic oxidation sites excluding steroid dienone is 1. The predicted molar refractivity (Wildman–Crippen MR) is 128 cm³/mol. The van der Waals surface area contributed by atoms with Crippen molar-refractivity contribution in [3.05, 3.63) is 106 Å². The standard InChI is InChI=1S/C25H22N6O3/c1-17-10-12-21(13-11-17)30-25(26-27-28-30)23(16-29(2)3)24(32)20-8-4-6-18(14-20)19-7-5-9-22(15-19)31(33)34/h4-16H,1-3H3. The minimum Gasteiger partial charge on any atom is -0.383 e. The summed E-state index contributed by atoms with van der Waals surface area (Å²) in [5, 5.41) is 23.2. The topological polar surface area (TPSA) is 107 Å². The third kappa shape index (κ3) is 4.73. The molecule has 0 amide bonds. The Balaban J connectivity index is 1.76. The summed E-state index contributed by atoms with van der Waals surface area (Å²) in [6, 6.07) is 20.9. The van der Waals surface area contributed by atoms with Crippen LogP contribution >= 0.6 is 0 Å². The van der Waals surface area contributed by atoms with E-state index in [1.165, 1.54) is 16.8 Å². The van der Waals surface area contributed by atoms with Crippen LogP contribution in [0.2, 0.25) is 0 Å². The summed E-state index contributed by atoms with van der Waals surface area (Å²) < 4.78 is 1.52. The lowest BCUT2D eigenvalue weighted by Crippen LogP contribution is -2.13. The second-order valence-electron chi connectivity index (χ2n) is 7.97.